The number of halogens is 1. The molecular weight excluding hydrogens is 396 g/mol. The van der Waals surface area contributed by atoms with Crippen LogP contribution in [0.4, 0.5) is 0 Å². The van der Waals surface area contributed by atoms with Crippen molar-refractivity contribution in [1.29, 1.82) is 0 Å². The number of aromatic nitrogens is 1. The van der Waals surface area contributed by atoms with E-state index in [1.807, 2.05) is 31.2 Å². The van der Waals surface area contributed by atoms with Crippen LogP contribution in [0, 0.1) is 6.92 Å². The van der Waals surface area contributed by atoms with E-state index < -0.39 is 0 Å². The van der Waals surface area contributed by atoms with E-state index in [1.165, 1.54) is 11.3 Å². The summed E-state index contributed by atoms with van der Waals surface area (Å²) < 4.78 is 2.63. The van der Waals surface area contributed by atoms with Gasteiger partial charge in [-0.05, 0) is 47.1 Å². The molecule has 0 fully saturated rings. The molecule has 4 nitrogen and oxygen atoms in total. The highest BCUT2D eigenvalue weighted by Crippen LogP contribution is 2.43. The Kier molecular flexibility index (Phi) is 3.33. The van der Waals surface area contributed by atoms with Gasteiger partial charge >= 0.3 is 0 Å². The van der Waals surface area contributed by atoms with Gasteiger partial charge in [0, 0.05) is 11.9 Å². The Hall–Kier alpha value is -1.70. The second-order valence-electron chi connectivity index (χ2n) is 5.26. The van der Waals surface area contributed by atoms with Gasteiger partial charge in [0.15, 0.2) is 0 Å². The lowest BCUT2D eigenvalue weighted by Crippen LogP contribution is -1.98. The first-order valence-corrected chi connectivity index (χ1v) is 9.27. The number of carbonyl (C=O) groups is 1. The molecular formula is C16H11BrN2O2S2. The van der Waals surface area contributed by atoms with Crippen molar-refractivity contribution in [2.45, 2.75) is 6.92 Å². The lowest BCUT2D eigenvalue weighted by Gasteiger charge is -2.03. The van der Waals surface area contributed by atoms with Crippen LogP contribution in [0.25, 0.3) is 10.6 Å². The average Bonchev–Trinajstić information content (AvgIpc) is 3.23. The Balaban J connectivity index is 1.97. The molecule has 0 spiro atoms. The normalized spacial score (nSPS) is 13.5. The highest BCUT2D eigenvalue weighted by molar-refractivity contribution is 9.11. The van der Waals surface area contributed by atoms with E-state index in [1.54, 1.807) is 23.0 Å². The van der Waals surface area contributed by atoms with Gasteiger partial charge in [-0.2, -0.15) is 0 Å². The van der Waals surface area contributed by atoms with Crippen molar-refractivity contribution in [1.82, 2.24) is 4.57 Å². The molecule has 7 heteroatoms. The fourth-order valence-electron chi connectivity index (χ4n) is 2.79. The van der Waals surface area contributed by atoms with Gasteiger partial charge in [0.05, 0.1) is 36.1 Å². The number of aromatic hydroxyl groups is 1. The number of fused-ring (bicyclic) bond motifs is 1. The fourth-order valence-corrected chi connectivity index (χ4v) is 5.12. The van der Waals surface area contributed by atoms with Crippen molar-refractivity contribution in [3.8, 4) is 16.5 Å². The molecule has 4 heterocycles. The zero-order valence-corrected chi connectivity index (χ0v) is 15.5. The molecule has 23 heavy (non-hydrogen) atoms. The van der Waals surface area contributed by atoms with Crippen LogP contribution >= 0.6 is 38.6 Å². The van der Waals surface area contributed by atoms with Crippen LogP contribution in [-0.2, 0) is 7.05 Å². The van der Waals surface area contributed by atoms with Crippen molar-refractivity contribution in [2.24, 2.45) is 12.0 Å². The van der Waals surface area contributed by atoms with E-state index in [9.17, 15) is 9.90 Å². The third kappa shape index (κ3) is 2.14. The topological polar surface area (TPSA) is 54.6 Å². The summed E-state index contributed by atoms with van der Waals surface area (Å²) in [6.45, 7) is 2.02. The molecule has 1 amide bonds. The van der Waals surface area contributed by atoms with Gasteiger partial charge < -0.3 is 9.67 Å². The molecule has 4 rings (SSSR count). The van der Waals surface area contributed by atoms with Crippen molar-refractivity contribution in [3.63, 3.8) is 0 Å². The van der Waals surface area contributed by atoms with E-state index in [2.05, 4.69) is 20.9 Å². The van der Waals surface area contributed by atoms with Crippen LogP contribution in [0.2, 0.25) is 0 Å². The molecule has 1 N–H and O–H groups in total. The lowest BCUT2D eigenvalue weighted by atomic mass is 10.1. The van der Waals surface area contributed by atoms with Crippen LogP contribution in [0.15, 0.2) is 33.0 Å². The van der Waals surface area contributed by atoms with E-state index >= 15 is 0 Å². The zero-order valence-electron chi connectivity index (χ0n) is 12.3. The largest absolute Gasteiger partial charge is 0.494 e. The smallest absolute Gasteiger partial charge is 0.280 e. The Bertz CT molecular complexity index is 994. The third-order valence-corrected chi connectivity index (χ3v) is 6.45. The predicted molar refractivity (Wildman–Crippen MR) is 97.1 cm³/mol. The summed E-state index contributed by atoms with van der Waals surface area (Å²) in [5.74, 6) is -0.216. The van der Waals surface area contributed by atoms with Gasteiger partial charge in [0.2, 0.25) is 5.88 Å². The van der Waals surface area contributed by atoms with E-state index in [-0.39, 0.29) is 11.8 Å². The number of hydrogen-bond donors (Lipinski definition) is 1. The summed E-state index contributed by atoms with van der Waals surface area (Å²) >= 11 is 6.51. The summed E-state index contributed by atoms with van der Waals surface area (Å²) in [5.41, 5.74) is 2.31. The number of hydrogen-bond acceptors (Lipinski definition) is 4. The number of aliphatic imine (C=N–C) groups is 1. The van der Waals surface area contributed by atoms with Crippen molar-refractivity contribution in [2.75, 3.05) is 0 Å². The van der Waals surface area contributed by atoms with Crippen LogP contribution < -0.4 is 0 Å². The van der Waals surface area contributed by atoms with Crippen molar-refractivity contribution < 1.29 is 9.90 Å². The summed E-state index contributed by atoms with van der Waals surface area (Å²) in [6.07, 6.45) is 0. The quantitative estimate of drug-likeness (QED) is 0.676. The standard InChI is InChI=1S/C16H11BrN2O2S2/c1-7-3-4-9(22-7)14-12-11(16(21)19(14)2)13(18-15(12)20)8-5-6-10(17)23-8/h3-6,21H,1-2H3. The van der Waals surface area contributed by atoms with Gasteiger partial charge in [-0.1, -0.05) is 0 Å². The molecule has 0 bridgehead atoms. The SMILES string of the molecule is Cc1ccc(-c2c3c(c(O)n2C)C(c2ccc(Br)s2)=NC3=O)s1. The van der Waals surface area contributed by atoms with E-state index in [0.29, 0.717) is 16.8 Å². The minimum atomic E-state index is -0.295. The van der Waals surface area contributed by atoms with E-state index in [0.717, 1.165) is 24.1 Å². The Morgan fingerprint density at radius 2 is 1.87 bits per heavy atom. The van der Waals surface area contributed by atoms with Gasteiger partial charge in [-0.25, -0.2) is 4.99 Å². The Labute approximate surface area is 148 Å². The minimum absolute atomic E-state index is 0.0789. The maximum atomic E-state index is 12.5. The molecule has 0 atom stereocenters. The number of carbonyl (C=O) groups excluding carboxylic acids is 1. The summed E-state index contributed by atoms with van der Waals surface area (Å²) in [5, 5.41) is 10.6. The first kappa shape index (κ1) is 14.9. The number of amides is 1. The summed E-state index contributed by atoms with van der Waals surface area (Å²) in [7, 11) is 1.77. The monoisotopic (exact) mass is 406 g/mol. The van der Waals surface area contributed by atoms with Gasteiger partial charge in [-0.15, -0.1) is 22.7 Å². The molecule has 0 saturated heterocycles. The third-order valence-electron chi connectivity index (χ3n) is 3.81. The highest BCUT2D eigenvalue weighted by atomic mass is 79.9. The van der Waals surface area contributed by atoms with Crippen LogP contribution in [0.1, 0.15) is 25.7 Å². The maximum Gasteiger partial charge on any atom is 0.280 e. The first-order valence-electron chi connectivity index (χ1n) is 6.85. The molecule has 0 aromatic carbocycles. The predicted octanol–water partition coefficient (Wildman–Crippen LogP) is 4.58. The number of rotatable bonds is 2. The zero-order chi connectivity index (χ0) is 16.3. The first-order chi connectivity index (χ1) is 11.0. The molecule has 3 aromatic rings. The van der Waals surface area contributed by atoms with E-state index in [4.69, 9.17) is 0 Å². The fraction of sp³-hybridized carbons (Fsp3) is 0.125. The van der Waals surface area contributed by atoms with Crippen molar-refractivity contribution in [3.05, 3.63) is 48.9 Å². The molecule has 1 aliphatic rings. The van der Waals surface area contributed by atoms with Crippen LogP contribution in [0.3, 0.4) is 0 Å². The Morgan fingerprint density at radius 3 is 2.48 bits per heavy atom. The number of nitrogens with zero attached hydrogens (tertiary/aromatic N) is 2. The van der Waals surface area contributed by atoms with Crippen molar-refractivity contribution >= 4 is 50.2 Å². The van der Waals surface area contributed by atoms with Crippen LogP contribution in [0.5, 0.6) is 5.88 Å². The average molecular weight is 407 g/mol. The van der Waals surface area contributed by atoms with Gasteiger partial charge in [0.1, 0.15) is 0 Å². The molecule has 0 aliphatic carbocycles. The molecule has 1 aliphatic heterocycles. The summed E-state index contributed by atoms with van der Waals surface area (Å²) in [4.78, 5) is 19.7. The second-order valence-corrected chi connectivity index (χ2v) is 9.01. The second kappa shape index (κ2) is 5.15. The molecule has 116 valence electrons. The molecule has 0 saturated carbocycles. The number of thiophene rings is 2. The summed E-state index contributed by atoms with van der Waals surface area (Å²) in [6, 6.07) is 7.79. The Morgan fingerprint density at radius 1 is 1.13 bits per heavy atom. The van der Waals surface area contributed by atoms with Gasteiger partial charge in [-0.3, -0.25) is 4.79 Å². The molecule has 0 unspecified atom stereocenters. The van der Waals surface area contributed by atoms with Gasteiger partial charge in [0.25, 0.3) is 5.91 Å². The lowest BCUT2D eigenvalue weighted by molar-refractivity contribution is 0.101. The highest BCUT2D eigenvalue weighted by Gasteiger charge is 2.36. The molecule has 0 radical (unpaired) electrons. The maximum absolute atomic E-state index is 12.5. The minimum Gasteiger partial charge on any atom is -0.494 e. The number of aryl methyl sites for hydroxylation is 1. The molecule has 3 aromatic heterocycles. The van der Waals surface area contributed by atoms with Crippen LogP contribution in [-0.4, -0.2) is 21.3 Å².